The molecule has 0 saturated carbocycles. The highest BCUT2D eigenvalue weighted by Gasteiger charge is 2.27. The Bertz CT molecular complexity index is 458. The number of furan rings is 1. The lowest BCUT2D eigenvalue weighted by Gasteiger charge is -2.35. The zero-order valence-electron chi connectivity index (χ0n) is 11.4. The maximum atomic E-state index is 11.4. The number of hydrogen-bond donors (Lipinski definition) is 3. The molecule has 106 valence electrons. The molecule has 0 aromatic carbocycles. The molecule has 1 aromatic rings. The lowest BCUT2D eigenvalue weighted by atomic mass is 9.93. The Morgan fingerprint density at radius 1 is 1.58 bits per heavy atom. The molecule has 4 N–H and O–H groups in total. The van der Waals surface area contributed by atoms with Gasteiger partial charge in [-0.2, -0.15) is 0 Å². The van der Waals surface area contributed by atoms with Crippen LogP contribution in [0.4, 0.5) is 0 Å². The number of nitrogens with zero attached hydrogens (tertiary/aromatic N) is 1. The first kappa shape index (κ1) is 14.0. The number of hydrogen-bond acceptors (Lipinski definition) is 5. The Morgan fingerprint density at radius 3 is 2.79 bits per heavy atom. The van der Waals surface area contributed by atoms with E-state index in [1.54, 1.807) is 6.07 Å². The monoisotopic (exact) mass is 267 g/mol. The summed E-state index contributed by atoms with van der Waals surface area (Å²) in [4.78, 5) is 13.6. The van der Waals surface area contributed by atoms with Gasteiger partial charge >= 0.3 is 5.91 Å². The van der Waals surface area contributed by atoms with Crippen LogP contribution in [-0.2, 0) is 6.54 Å². The lowest BCUT2D eigenvalue weighted by molar-refractivity contribution is -0.00737. The first-order valence-electron chi connectivity index (χ1n) is 6.46. The predicted molar refractivity (Wildman–Crippen MR) is 70.2 cm³/mol. The average Bonchev–Trinajstić information content (AvgIpc) is 2.73. The quantitative estimate of drug-likeness (QED) is 0.422. The van der Waals surface area contributed by atoms with Gasteiger partial charge in [-0.1, -0.05) is 0 Å². The van der Waals surface area contributed by atoms with Crippen molar-refractivity contribution in [3.05, 3.63) is 23.2 Å². The number of likely N-dealkylation sites (tertiary alicyclic amines) is 1. The molecular weight excluding hydrogens is 246 g/mol. The Balaban J connectivity index is 2.00. The molecule has 1 aliphatic heterocycles. The van der Waals surface area contributed by atoms with Gasteiger partial charge in [-0.05, 0) is 32.8 Å². The normalized spacial score (nSPS) is 19.4. The topological polar surface area (TPSA) is 91.7 Å². The van der Waals surface area contributed by atoms with Gasteiger partial charge in [-0.25, -0.2) is 5.84 Å². The second kappa shape index (κ2) is 5.32. The highest BCUT2D eigenvalue weighted by atomic mass is 16.4. The number of nitrogens with two attached hydrogens (primary N) is 1. The Hall–Kier alpha value is -1.37. The van der Waals surface area contributed by atoms with E-state index in [1.807, 2.05) is 13.8 Å². The molecule has 1 aliphatic rings. The Kier molecular flexibility index (Phi) is 3.93. The van der Waals surface area contributed by atoms with Crippen molar-refractivity contribution in [2.45, 2.75) is 38.8 Å². The minimum absolute atomic E-state index is 0.235. The summed E-state index contributed by atoms with van der Waals surface area (Å²) in [6.45, 7) is 6.12. The third-order valence-electron chi connectivity index (χ3n) is 3.70. The maximum absolute atomic E-state index is 11.4. The van der Waals surface area contributed by atoms with Gasteiger partial charge in [0.15, 0.2) is 5.76 Å². The summed E-state index contributed by atoms with van der Waals surface area (Å²) in [7, 11) is 0. The van der Waals surface area contributed by atoms with E-state index >= 15 is 0 Å². The second-order valence-electron chi connectivity index (χ2n) is 5.44. The highest BCUT2D eigenvalue weighted by Crippen LogP contribution is 2.24. The molecule has 6 heteroatoms. The molecule has 0 bridgehead atoms. The average molecular weight is 267 g/mol. The number of aliphatic hydroxyl groups is 1. The van der Waals surface area contributed by atoms with Gasteiger partial charge in [0, 0.05) is 25.2 Å². The molecule has 1 fully saturated rings. The molecule has 2 rings (SSSR count). The predicted octanol–water partition coefficient (Wildman–Crippen LogP) is 0.538. The lowest BCUT2D eigenvalue weighted by Crippen LogP contribution is -2.41. The van der Waals surface area contributed by atoms with E-state index in [4.69, 9.17) is 10.3 Å². The third kappa shape index (κ3) is 3.34. The van der Waals surface area contributed by atoms with Crippen molar-refractivity contribution in [2.24, 2.45) is 5.84 Å². The first-order chi connectivity index (χ1) is 8.91. The minimum atomic E-state index is -0.549. The fraction of sp³-hybridized carbons (Fsp3) is 0.615. The van der Waals surface area contributed by atoms with E-state index in [-0.39, 0.29) is 5.76 Å². The number of piperidine rings is 1. The van der Waals surface area contributed by atoms with E-state index in [1.165, 1.54) is 0 Å². The number of nitrogens with one attached hydrogen (secondary N) is 1. The number of hydrazine groups is 1. The van der Waals surface area contributed by atoms with E-state index in [2.05, 4.69) is 10.3 Å². The molecule has 0 unspecified atom stereocenters. The summed E-state index contributed by atoms with van der Waals surface area (Å²) in [5.74, 6) is 5.63. The van der Waals surface area contributed by atoms with Crippen molar-refractivity contribution in [1.29, 1.82) is 0 Å². The van der Waals surface area contributed by atoms with Crippen molar-refractivity contribution in [2.75, 3.05) is 13.1 Å². The summed E-state index contributed by atoms with van der Waals surface area (Å²) >= 11 is 0. The van der Waals surface area contributed by atoms with Gasteiger partial charge in [0.25, 0.3) is 0 Å². The standard InChI is InChI=1S/C13H21N3O3/c1-9-10(7-11(19-9)12(17)15-14)8-16-5-3-13(2,18)4-6-16/h7,18H,3-6,8,14H2,1-2H3,(H,15,17). The summed E-state index contributed by atoms with van der Waals surface area (Å²) in [5, 5.41) is 9.91. The number of nitrogen functional groups attached to an aromatic ring is 1. The van der Waals surface area contributed by atoms with Crippen molar-refractivity contribution in [1.82, 2.24) is 10.3 Å². The number of aryl methyl sites for hydroxylation is 1. The summed E-state index contributed by atoms with van der Waals surface area (Å²) < 4.78 is 5.38. The molecule has 0 radical (unpaired) electrons. The van der Waals surface area contributed by atoms with Crippen LogP contribution in [0.1, 0.15) is 41.6 Å². The minimum Gasteiger partial charge on any atom is -0.456 e. The van der Waals surface area contributed by atoms with Crippen molar-refractivity contribution < 1.29 is 14.3 Å². The van der Waals surface area contributed by atoms with Crippen LogP contribution in [0, 0.1) is 6.92 Å². The second-order valence-corrected chi connectivity index (χ2v) is 5.44. The zero-order valence-corrected chi connectivity index (χ0v) is 11.4. The van der Waals surface area contributed by atoms with Crippen LogP contribution in [0.25, 0.3) is 0 Å². The Morgan fingerprint density at radius 2 is 2.21 bits per heavy atom. The van der Waals surface area contributed by atoms with Gasteiger partial charge in [0.1, 0.15) is 5.76 Å². The molecule has 6 nitrogen and oxygen atoms in total. The van der Waals surface area contributed by atoms with Crippen LogP contribution in [0.2, 0.25) is 0 Å². The fourth-order valence-electron chi connectivity index (χ4n) is 2.29. The van der Waals surface area contributed by atoms with Gasteiger partial charge in [-0.15, -0.1) is 0 Å². The smallest absolute Gasteiger partial charge is 0.300 e. The van der Waals surface area contributed by atoms with E-state index < -0.39 is 11.5 Å². The number of carbonyl (C=O) groups is 1. The Labute approximate surface area is 112 Å². The first-order valence-corrected chi connectivity index (χ1v) is 6.46. The molecule has 0 aliphatic carbocycles. The van der Waals surface area contributed by atoms with Gasteiger partial charge in [0.05, 0.1) is 5.60 Å². The van der Waals surface area contributed by atoms with E-state index in [0.717, 1.165) is 43.8 Å². The maximum Gasteiger partial charge on any atom is 0.300 e. The largest absolute Gasteiger partial charge is 0.456 e. The molecule has 1 aromatic heterocycles. The molecule has 0 spiro atoms. The van der Waals surface area contributed by atoms with Crippen LogP contribution in [0.15, 0.2) is 10.5 Å². The van der Waals surface area contributed by atoms with E-state index in [0.29, 0.717) is 0 Å². The molecule has 0 atom stereocenters. The molecule has 19 heavy (non-hydrogen) atoms. The van der Waals surface area contributed by atoms with Gasteiger partial charge in [0.2, 0.25) is 0 Å². The highest BCUT2D eigenvalue weighted by molar-refractivity contribution is 5.91. The van der Waals surface area contributed by atoms with Gasteiger partial charge in [-0.3, -0.25) is 15.1 Å². The summed E-state index contributed by atoms with van der Waals surface area (Å²) in [6.07, 6.45) is 1.53. The number of carbonyl (C=O) groups excluding carboxylic acids is 1. The van der Waals surface area contributed by atoms with Crippen LogP contribution < -0.4 is 11.3 Å². The third-order valence-corrected chi connectivity index (χ3v) is 3.70. The van der Waals surface area contributed by atoms with Crippen LogP contribution in [0.5, 0.6) is 0 Å². The number of rotatable bonds is 3. The summed E-state index contributed by atoms with van der Waals surface area (Å²) in [6, 6.07) is 1.73. The molecule has 1 amide bonds. The molecular formula is C13H21N3O3. The van der Waals surface area contributed by atoms with Crippen molar-refractivity contribution in [3.63, 3.8) is 0 Å². The van der Waals surface area contributed by atoms with Crippen LogP contribution in [0.3, 0.4) is 0 Å². The van der Waals surface area contributed by atoms with Crippen molar-refractivity contribution >= 4 is 5.91 Å². The SMILES string of the molecule is Cc1oc(C(=O)NN)cc1CN1CCC(C)(O)CC1. The van der Waals surface area contributed by atoms with Crippen LogP contribution >= 0.6 is 0 Å². The zero-order chi connectivity index (χ0) is 14.0. The molecule has 2 heterocycles. The fourth-order valence-corrected chi connectivity index (χ4v) is 2.29. The van der Waals surface area contributed by atoms with E-state index in [9.17, 15) is 9.90 Å². The van der Waals surface area contributed by atoms with Gasteiger partial charge < -0.3 is 9.52 Å². The summed E-state index contributed by atoms with van der Waals surface area (Å²) in [5.41, 5.74) is 2.49. The molecule has 1 saturated heterocycles. The number of amides is 1. The van der Waals surface area contributed by atoms with Crippen LogP contribution in [-0.4, -0.2) is 34.6 Å². The van der Waals surface area contributed by atoms with Crippen molar-refractivity contribution in [3.8, 4) is 0 Å².